The Balaban J connectivity index is 2.92. The highest BCUT2D eigenvalue weighted by Gasteiger charge is 2.10. The molecular weight excluding hydrogens is 269 g/mol. The number of benzene rings is 1. The van der Waals surface area contributed by atoms with Gasteiger partial charge in [-0.1, -0.05) is 11.6 Å². The number of halogens is 3. The van der Waals surface area contributed by atoms with Gasteiger partial charge in [-0.05, 0) is 65.0 Å². The van der Waals surface area contributed by atoms with Gasteiger partial charge in [0.15, 0.2) is 0 Å². The molecule has 0 radical (unpaired) electrons. The van der Waals surface area contributed by atoms with Crippen LogP contribution in [-0.4, -0.2) is 0 Å². The smallest absolute Gasteiger partial charge is 0.289 e. The second-order valence-electron chi connectivity index (χ2n) is 2.42. The minimum absolute atomic E-state index is 0.551. The van der Waals surface area contributed by atoms with E-state index in [2.05, 4.69) is 0 Å². The van der Waals surface area contributed by atoms with Gasteiger partial charge in [0.1, 0.15) is 5.75 Å². The SMILES string of the molecule is Cc1cc(OP(=S)(Cl)Cl)ccc1Cl. The summed E-state index contributed by atoms with van der Waals surface area (Å²) in [5.41, 5.74) is 0.899. The molecule has 0 aromatic heterocycles. The van der Waals surface area contributed by atoms with Crippen LogP contribution in [0.15, 0.2) is 18.2 Å². The van der Waals surface area contributed by atoms with E-state index in [0.29, 0.717) is 10.8 Å². The van der Waals surface area contributed by atoms with E-state index in [1.54, 1.807) is 18.2 Å². The Morgan fingerprint density at radius 1 is 1.38 bits per heavy atom. The maximum absolute atomic E-state index is 5.81. The molecule has 0 unspecified atom stereocenters. The molecule has 0 saturated heterocycles. The molecule has 0 spiro atoms. The summed E-state index contributed by atoms with van der Waals surface area (Å²) in [6, 6.07) is 5.14. The lowest BCUT2D eigenvalue weighted by Gasteiger charge is -2.09. The fraction of sp³-hybridized carbons (Fsp3) is 0.143. The van der Waals surface area contributed by atoms with Crippen molar-refractivity contribution in [1.82, 2.24) is 0 Å². The summed E-state index contributed by atoms with van der Waals surface area (Å²) < 4.78 is 5.14. The Bertz CT molecular complexity index is 363. The minimum atomic E-state index is -2.69. The third-order valence-electron chi connectivity index (χ3n) is 1.34. The second-order valence-corrected chi connectivity index (χ2v) is 9.96. The average molecular weight is 276 g/mol. The van der Waals surface area contributed by atoms with Crippen molar-refractivity contribution in [3.63, 3.8) is 0 Å². The zero-order chi connectivity index (χ0) is 10.1. The largest absolute Gasteiger partial charge is 0.441 e. The van der Waals surface area contributed by atoms with Crippen molar-refractivity contribution in [2.75, 3.05) is 0 Å². The van der Waals surface area contributed by atoms with Crippen molar-refractivity contribution in [3.8, 4) is 5.75 Å². The first-order chi connectivity index (χ1) is 5.88. The number of hydrogen-bond donors (Lipinski definition) is 0. The van der Waals surface area contributed by atoms with Crippen molar-refractivity contribution in [2.24, 2.45) is 0 Å². The van der Waals surface area contributed by atoms with Gasteiger partial charge in [0, 0.05) is 5.02 Å². The Hall–Kier alpha value is 0.540. The van der Waals surface area contributed by atoms with Gasteiger partial charge < -0.3 is 4.52 Å². The van der Waals surface area contributed by atoms with Crippen LogP contribution in [0.5, 0.6) is 5.75 Å². The number of aryl methyl sites for hydroxylation is 1. The summed E-state index contributed by atoms with van der Waals surface area (Å²) in [5, 5.41) is 0.671. The first-order valence-electron chi connectivity index (χ1n) is 3.33. The van der Waals surface area contributed by atoms with E-state index in [9.17, 15) is 0 Å². The molecule has 72 valence electrons. The fourth-order valence-electron chi connectivity index (χ4n) is 0.797. The minimum Gasteiger partial charge on any atom is -0.441 e. The molecule has 0 amide bonds. The molecule has 0 heterocycles. The first kappa shape index (κ1) is 11.6. The van der Waals surface area contributed by atoms with Crippen LogP contribution < -0.4 is 4.52 Å². The van der Waals surface area contributed by atoms with Crippen molar-refractivity contribution >= 4 is 50.9 Å². The van der Waals surface area contributed by atoms with Crippen molar-refractivity contribution in [2.45, 2.75) is 6.92 Å². The van der Waals surface area contributed by atoms with Crippen molar-refractivity contribution in [3.05, 3.63) is 28.8 Å². The highest BCUT2D eigenvalue weighted by atomic mass is 35.9. The lowest BCUT2D eigenvalue weighted by molar-refractivity contribution is 0.635. The van der Waals surface area contributed by atoms with E-state index in [-0.39, 0.29) is 0 Å². The Morgan fingerprint density at radius 3 is 2.46 bits per heavy atom. The molecule has 0 saturated carbocycles. The standard InChI is InChI=1S/C7H6Cl3OPS/c1-5-4-6(2-3-7(5)8)11-12(9,10)13/h2-4H,1H3. The second kappa shape index (κ2) is 4.37. The highest BCUT2D eigenvalue weighted by molar-refractivity contribution is 8.36. The topological polar surface area (TPSA) is 9.23 Å². The van der Waals surface area contributed by atoms with Gasteiger partial charge in [-0.15, -0.1) is 0 Å². The van der Waals surface area contributed by atoms with Crippen LogP contribution in [0.2, 0.25) is 5.02 Å². The van der Waals surface area contributed by atoms with E-state index in [1.165, 1.54) is 0 Å². The van der Waals surface area contributed by atoms with E-state index in [0.717, 1.165) is 5.56 Å². The quantitative estimate of drug-likeness (QED) is 0.722. The maximum atomic E-state index is 5.81. The van der Waals surface area contributed by atoms with Crippen LogP contribution in [0.25, 0.3) is 0 Å². The van der Waals surface area contributed by atoms with Crippen LogP contribution in [0.3, 0.4) is 0 Å². The van der Waals surface area contributed by atoms with Crippen molar-refractivity contribution < 1.29 is 4.52 Å². The molecule has 0 atom stereocenters. The van der Waals surface area contributed by atoms with Gasteiger partial charge >= 0.3 is 0 Å². The van der Waals surface area contributed by atoms with Crippen LogP contribution in [0.1, 0.15) is 5.56 Å². The van der Waals surface area contributed by atoms with Gasteiger partial charge in [-0.3, -0.25) is 0 Å². The molecule has 1 aromatic carbocycles. The normalized spacial score (nSPS) is 11.4. The molecule has 0 aliphatic carbocycles. The molecule has 13 heavy (non-hydrogen) atoms. The Labute approximate surface area is 96.6 Å². The maximum Gasteiger partial charge on any atom is 0.289 e. The summed E-state index contributed by atoms with van der Waals surface area (Å²) in [4.78, 5) is -2.69. The van der Waals surface area contributed by atoms with Crippen LogP contribution in [0, 0.1) is 6.92 Å². The van der Waals surface area contributed by atoms with E-state index in [4.69, 9.17) is 50.4 Å². The average Bonchev–Trinajstić information content (AvgIpc) is 1.94. The molecule has 6 heteroatoms. The summed E-state index contributed by atoms with van der Waals surface area (Å²) in [7, 11) is 0. The van der Waals surface area contributed by atoms with E-state index >= 15 is 0 Å². The summed E-state index contributed by atoms with van der Waals surface area (Å²) in [6.07, 6.45) is 0. The fourth-order valence-corrected chi connectivity index (χ4v) is 2.01. The van der Waals surface area contributed by atoms with Gasteiger partial charge in [0.2, 0.25) is 0 Å². The van der Waals surface area contributed by atoms with Gasteiger partial charge in [0.05, 0.1) is 0 Å². The van der Waals surface area contributed by atoms with E-state index < -0.39 is 4.97 Å². The summed E-state index contributed by atoms with van der Waals surface area (Å²) >= 11 is 21.7. The van der Waals surface area contributed by atoms with Gasteiger partial charge in [0.25, 0.3) is 4.97 Å². The Morgan fingerprint density at radius 2 is 2.00 bits per heavy atom. The molecule has 1 rings (SSSR count). The predicted octanol–water partition coefficient (Wildman–Crippen LogP) is 4.73. The van der Waals surface area contributed by atoms with Crippen molar-refractivity contribution in [1.29, 1.82) is 0 Å². The third-order valence-corrected chi connectivity index (χ3v) is 2.83. The lowest BCUT2D eigenvalue weighted by Crippen LogP contribution is -1.82. The zero-order valence-electron chi connectivity index (χ0n) is 6.63. The van der Waals surface area contributed by atoms with Gasteiger partial charge in [-0.25, -0.2) is 0 Å². The number of hydrogen-bond acceptors (Lipinski definition) is 2. The van der Waals surface area contributed by atoms with Gasteiger partial charge in [-0.2, -0.15) is 0 Å². The number of rotatable bonds is 2. The summed E-state index contributed by atoms with van der Waals surface area (Å²) in [5.74, 6) is 0.551. The lowest BCUT2D eigenvalue weighted by atomic mass is 10.2. The Kier molecular flexibility index (Phi) is 3.91. The monoisotopic (exact) mass is 274 g/mol. The molecule has 0 N–H and O–H groups in total. The molecule has 0 aliphatic rings. The van der Waals surface area contributed by atoms with E-state index in [1.807, 2.05) is 6.92 Å². The summed E-state index contributed by atoms with van der Waals surface area (Å²) in [6.45, 7) is 1.86. The third kappa shape index (κ3) is 4.05. The zero-order valence-corrected chi connectivity index (χ0v) is 10.6. The molecule has 1 nitrogen and oxygen atoms in total. The van der Waals surface area contributed by atoms with Crippen LogP contribution in [0.4, 0.5) is 0 Å². The van der Waals surface area contributed by atoms with Crippen LogP contribution >= 0.6 is 39.1 Å². The predicted molar refractivity (Wildman–Crippen MR) is 62.8 cm³/mol. The molecular formula is C7H6Cl3OPS. The first-order valence-corrected chi connectivity index (χ1v) is 8.24. The molecule has 0 fully saturated rings. The molecule has 0 bridgehead atoms. The van der Waals surface area contributed by atoms with Crippen LogP contribution in [-0.2, 0) is 11.8 Å². The highest BCUT2D eigenvalue weighted by Crippen LogP contribution is 2.57. The molecule has 1 aromatic rings. The molecule has 0 aliphatic heterocycles.